The molecule has 6 heteroatoms. The van der Waals surface area contributed by atoms with E-state index in [2.05, 4.69) is 9.98 Å². The number of anilines is 1. The Morgan fingerprint density at radius 1 is 1.21 bits per heavy atom. The van der Waals surface area contributed by atoms with E-state index in [1.807, 2.05) is 6.92 Å². The molecule has 0 spiro atoms. The van der Waals surface area contributed by atoms with E-state index < -0.39 is 0 Å². The van der Waals surface area contributed by atoms with Crippen LogP contribution >= 0.6 is 0 Å². The van der Waals surface area contributed by atoms with Crippen LogP contribution in [0.4, 0.5) is 11.4 Å². The molecule has 2 heterocycles. The largest absolute Gasteiger partial charge is 0.508 e. The fourth-order valence-electron chi connectivity index (χ4n) is 2.21. The highest BCUT2D eigenvalue weighted by Gasteiger charge is 2.22. The Bertz CT molecular complexity index is 676. The maximum absolute atomic E-state index is 9.74. The number of aromatic amines is 1. The summed E-state index contributed by atoms with van der Waals surface area (Å²) in [5, 5.41) is 28.6. The number of amidine groups is 1. The fourth-order valence-corrected chi connectivity index (χ4v) is 2.21. The van der Waals surface area contributed by atoms with Crippen LogP contribution in [-0.2, 0) is 6.54 Å². The topological polar surface area (TPSA) is 92.1 Å². The molecule has 0 saturated heterocycles. The van der Waals surface area contributed by atoms with Crippen LogP contribution in [0.25, 0.3) is 0 Å². The number of fused-ring (bicyclic) bond motifs is 1. The van der Waals surface area contributed by atoms with E-state index in [0.29, 0.717) is 18.1 Å². The third-order valence-corrected chi connectivity index (χ3v) is 3.12. The summed E-state index contributed by atoms with van der Waals surface area (Å²) in [5.41, 5.74) is 2.10. The van der Waals surface area contributed by atoms with Gasteiger partial charge in [-0.2, -0.15) is 0 Å². The molecule has 0 fully saturated rings. The Morgan fingerprint density at radius 2 is 2.00 bits per heavy atom. The molecule has 4 N–H and O–H groups in total. The van der Waals surface area contributed by atoms with Crippen LogP contribution in [0.15, 0.2) is 29.3 Å². The van der Waals surface area contributed by atoms with Gasteiger partial charge >= 0.3 is 0 Å². The second-order valence-electron chi connectivity index (χ2n) is 4.45. The lowest BCUT2D eigenvalue weighted by atomic mass is 10.1. The molecule has 1 aromatic heterocycles. The van der Waals surface area contributed by atoms with Crippen molar-refractivity contribution in [3.05, 3.63) is 29.8 Å². The van der Waals surface area contributed by atoms with Crippen molar-refractivity contribution in [2.45, 2.75) is 13.5 Å². The molecule has 0 saturated carbocycles. The lowest BCUT2D eigenvalue weighted by Crippen LogP contribution is -2.30. The molecule has 0 bridgehead atoms. The maximum atomic E-state index is 9.74. The van der Waals surface area contributed by atoms with Gasteiger partial charge in [0.1, 0.15) is 17.3 Å². The summed E-state index contributed by atoms with van der Waals surface area (Å²) in [6.07, 6.45) is 0. The average Bonchev–Trinajstić information content (AvgIpc) is 2.68. The summed E-state index contributed by atoms with van der Waals surface area (Å²) in [5.74, 6) is 0.653. The molecular formula is C13H13N3O3. The maximum Gasteiger partial charge on any atom is 0.215 e. The number of aromatic hydroxyl groups is 3. The van der Waals surface area contributed by atoms with Crippen molar-refractivity contribution in [1.29, 1.82) is 0 Å². The van der Waals surface area contributed by atoms with Crippen molar-refractivity contribution < 1.29 is 15.3 Å². The monoisotopic (exact) mass is 259 g/mol. The zero-order chi connectivity index (χ0) is 13.6. The first kappa shape index (κ1) is 11.5. The molecule has 0 aliphatic carbocycles. The highest BCUT2D eigenvalue weighted by atomic mass is 16.3. The van der Waals surface area contributed by atoms with E-state index in [1.165, 1.54) is 6.07 Å². The van der Waals surface area contributed by atoms with Gasteiger partial charge in [-0.3, -0.25) is 4.98 Å². The van der Waals surface area contributed by atoms with E-state index in [1.54, 1.807) is 23.1 Å². The number of benzene rings is 1. The Labute approximate surface area is 109 Å². The lowest BCUT2D eigenvalue weighted by molar-refractivity contribution is 0.425. The first-order valence-corrected chi connectivity index (χ1v) is 5.80. The minimum absolute atomic E-state index is 0.109. The van der Waals surface area contributed by atoms with Crippen LogP contribution < -0.4 is 4.90 Å². The van der Waals surface area contributed by atoms with Crippen molar-refractivity contribution in [2.24, 2.45) is 4.99 Å². The third-order valence-electron chi connectivity index (χ3n) is 3.12. The summed E-state index contributed by atoms with van der Waals surface area (Å²) in [6, 6.07) is 6.41. The molecule has 19 heavy (non-hydrogen) atoms. The molecule has 0 unspecified atom stereocenters. The van der Waals surface area contributed by atoms with E-state index >= 15 is 0 Å². The predicted octanol–water partition coefficient (Wildman–Crippen LogP) is 2.20. The zero-order valence-electron chi connectivity index (χ0n) is 10.3. The van der Waals surface area contributed by atoms with E-state index in [9.17, 15) is 15.3 Å². The number of nitrogens with one attached hydrogen (secondary N) is 1. The average molecular weight is 259 g/mol. The van der Waals surface area contributed by atoms with Gasteiger partial charge in [0, 0.05) is 11.6 Å². The Balaban J connectivity index is 2.05. The standard InChI is InChI=1S/C13H13N3O3/c1-7-14-10-3-2-9(17)4-8(10)6-16(7)11-5-12(18)15-13(11)19/h2-5,15,17-19H,6H2,1H3. The number of aromatic nitrogens is 1. The Kier molecular flexibility index (Phi) is 2.38. The van der Waals surface area contributed by atoms with Gasteiger partial charge in [0.15, 0.2) is 5.88 Å². The van der Waals surface area contributed by atoms with Gasteiger partial charge in [0.2, 0.25) is 5.88 Å². The molecular weight excluding hydrogens is 246 g/mol. The number of phenols is 1. The van der Waals surface area contributed by atoms with Gasteiger partial charge in [-0.15, -0.1) is 0 Å². The van der Waals surface area contributed by atoms with E-state index in [0.717, 1.165) is 11.3 Å². The number of hydrogen-bond donors (Lipinski definition) is 4. The van der Waals surface area contributed by atoms with Crippen molar-refractivity contribution in [3.63, 3.8) is 0 Å². The van der Waals surface area contributed by atoms with Gasteiger partial charge < -0.3 is 20.2 Å². The Hall–Kier alpha value is -2.63. The smallest absolute Gasteiger partial charge is 0.215 e. The molecule has 0 atom stereocenters. The molecule has 6 nitrogen and oxygen atoms in total. The van der Waals surface area contributed by atoms with Gasteiger partial charge in [0.25, 0.3) is 0 Å². The lowest BCUT2D eigenvalue weighted by Gasteiger charge is -2.28. The summed E-state index contributed by atoms with van der Waals surface area (Å²) in [7, 11) is 0. The molecule has 0 amide bonds. The van der Waals surface area contributed by atoms with Gasteiger partial charge in [-0.1, -0.05) is 0 Å². The van der Waals surface area contributed by atoms with Gasteiger partial charge in [-0.25, -0.2) is 4.99 Å². The first-order valence-electron chi connectivity index (χ1n) is 5.80. The van der Waals surface area contributed by atoms with Gasteiger partial charge in [-0.05, 0) is 25.1 Å². The highest BCUT2D eigenvalue weighted by Crippen LogP contribution is 2.37. The number of H-pyrrole nitrogens is 1. The number of hydrogen-bond acceptors (Lipinski definition) is 5. The summed E-state index contributed by atoms with van der Waals surface area (Å²) < 4.78 is 0. The second kappa shape index (κ2) is 3.94. The van der Waals surface area contributed by atoms with E-state index in [4.69, 9.17) is 0 Å². The van der Waals surface area contributed by atoms with Crippen LogP contribution in [-0.4, -0.2) is 26.1 Å². The molecule has 1 aliphatic rings. The van der Waals surface area contributed by atoms with Crippen LogP contribution in [0.3, 0.4) is 0 Å². The fraction of sp³-hybridized carbons (Fsp3) is 0.154. The first-order chi connectivity index (χ1) is 9.04. The molecule has 0 radical (unpaired) electrons. The SMILES string of the molecule is CC1=Nc2ccc(O)cc2CN1c1cc(O)[nH]c1O. The van der Waals surface area contributed by atoms with Crippen LogP contribution in [0, 0.1) is 0 Å². The molecule has 1 aliphatic heterocycles. The van der Waals surface area contributed by atoms with Crippen LogP contribution in [0.1, 0.15) is 12.5 Å². The third kappa shape index (κ3) is 1.87. The molecule has 98 valence electrons. The number of rotatable bonds is 1. The number of aliphatic imine (C=N–C) groups is 1. The Morgan fingerprint density at radius 3 is 2.68 bits per heavy atom. The quantitative estimate of drug-likeness (QED) is 0.631. The van der Waals surface area contributed by atoms with Crippen molar-refractivity contribution in [3.8, 4) is 17.5 Å². The van der Waals surface area contributed by atoms with Crippen LogP contribution in [0.2, 0.25) is 0 Å². The zero-order valence-corrected chi connectivity index (χ0v) is 10.3. The minimum Gasteiger partial charge on any atom is -0.508 e. The number of nitrogens with zero attached hydrogens (tertiary/aromatic N) is 2. The van der Waals surface area contributed by atoms with Crippen molar-refractivity contribution in [1.82, 2.24) is 4.98 Å². The highest BCUT2D eigenvalue weighted by molar-refractivity contribution is 6.00. The van der Waals surface area contributed by atoms with Gasteiger partial charge in [0.05, 0.1) is 12.2 Å². The van der Waals surface area contributed by atoms with E-state index in [-0.39, 0.29) is 17.5 Å². The van der Waals surface area contributed by atoms with Crippen molar-refractivity contribution in [2.75, 3.05) is 4.90 Å². The molecule has 3 rings (SSSR count). The predicted molar refractivity (Wildman–Crippen MR) is 71.2 cm³/mol. The minimum atomic E-state index is -0.115. The summed E-state index contributed by atoms with van der Waals surface area (Å²) in [6.45, 7) is 2.28. The normalized spacial score (nSPS) is 14.2. The summed E-state index contributed by atoms with van der Waals surface area (Å²) >= 11 is 0. The molecule has 1 aromatic carbocycles. The number of phenolic OH excluding ortho intramolecular Hbond substituents is 1. The van der Waals surface area contributed by atoms with Crippen LogP contribution in [0.5, 0.6) is 17.5 Å². The molecule has 2 aromatic rings. The summed E-state index contributed by atoms with van der Waals surface area (Å²) in [4.78, 5) is 8.60. The second-order valence-corrected chi connectivity index (χ2v) is 4.45. The van der Waals surface area contributed by atoms with Crippen molar-refractivity contribution >= 4 is 17.2 Å².